The van der Waals surface area contributed by atoms with Crippen molar-refractivity contribution in [1.29, 1.82) is 0 Å². The first-order chi connectivity index (χ1) is 12.1. The number of halogens is 3. The predicted octanol–water partition coefficient (Wildman–Crippen LogP) is 4.74. The maximum atomic E-state index is 14.0. The van der Waals surface area contributed by atoms with E-state index in [0.717, 1.165) is 4.57 Å². The van der Waals surface area contributed by atoms with Gasteiger partial charge < -0.3 is 0 Å². The van der Waals surface area contributed by atoms with Gasteiger partial charge >= 0.3 is 6.55 Å². The summed E-state index contributed by atoms with van der Waals surface area (Å²) in [5, 5.41) is 1.17. The highest BCUT2D eigenvalue weighted by molar-refractivity contribution is 6.06. The molecular weight excluding hydrogens is 329 g/mol. The van der Waals surface area contributed by atoms with Crippen LogP contribution in [0.2, 0.25) is 0 Å². The zero-order valence-electron chi connectivity index (χ0n) is 13.2. The van der Waals surface area contributed by atoms with Crippen molar-refractivity contribution in [2.75, 3.05) is 0 Å². The van der Waals surface area contributed by atoms with Gasteiger partial charge in [-0.25, -0.2) is 9.37 Å². The molecule has 0 aliphatic carbocycles. The first kappa shape index (κ1) is 15.6. The zero-order valence-corrected chi connectivity index (χ0v) is 13.2. The van der Waals surface area contributed by atoms with Crippen LogP contribution in [-0.4, -0.2) is 19.5 Å². The first-order valence-electron chi connectivity index (χ1n) is 7.77. The molecule has 0 N–H and O–H groups in total. The SMILES string of the molecule is CCc1ncc(-c2ccc3c4cnccc4n(C(F)F)c3n2)cc1F. The molecule has 0 saturated carbocycles. The molecule has 126 valence electrons. The van der Waals surface area contributed by atoms with E-state index < -0.39 is 12.4 Å². The van der Waals surface area contributed by atoms with Crippen molar-refractivity contribution in [3.05, 3.63) is 54.4 Å². The topological polar surface area (TPSA) is 43.6 Å². The van der Waals surface area contributed by atoms with E-state index in [1.54, 1.807) is 12.1 Å². The number of pyridine rings is 3. The molecule has 0 bridgehead atoms. The molecule has 4 nitrogen and oxygen atoms in total. The summed E-state index contributed by atoms with van der Waals surface area (Å²) in [6.07, 6.45) is 4.98. The van der Waals surface area contributed by atoms with Gasteiger partial charge in [-0.3, -0.25) is 14.5 Å². The maximum absolute atomic E-state index is 14.0. The molecule has 25 heavy (non-hydrogen) atoms. The van der Waals surface area contributed by atoms with Crippen LogP contribution in [0.3, 0.4) is 0 Å². The van der Waals surface area contributed by atoms with Crippen molar-refractivity contribution in [3.63, 3.8) is 0 Å². The summed E-state index contributed by atoms with van der Waals surface area (Å²) in [6.45, 7) is -0.938. The smallest absolute Gasteiger partial charge is 0.268 e. The molecule has 0 unspecified atom stereocenters. The fraction of sp³-hybridized carbons (Fsp3) is 0.167. The minimum Gasteiger partial charge on any atom is -0.268 e. The van der Waals surface area contributed by atoms with Crippen LogP contribution in [0.5, 0.6) is 0 Å². The lowest BCUT2D eigenvalue weighted by Gasteiger charge is -2.07. The van der Waals surface area contributed by atoms with Gasteiger partial charge in [0.05, 0.1) is 16.9 Å². The Bertz CT molecular complexity index is 1090. The van der Waals surface area contributed by atoms with E-state index in [0.29, 0.717) is 39.7 Å². The summed E-state index contributed by atoms with van der Waals surface area (Å²) < 4.78 is 42.0. The van der Waals surface area contributed by atoms with Crippen molar-refractivity contribution >= 4 is 21.9 Å². The second kappa shape index (κ2) is 5.84. The van der Waals surface area contributed by atoms with Crippen LogP contribution in [0, 0.1) is 5.82 Å². The lowest BCUT2D eigenvalue weighted by Crippen LogP contribution is -2.00. The van der Waals surface area contributed by atoms with Gasteiger partial charge in [0, 0.05) is 34.9 Å². The molecule has 0 amide bonds. The van der Waals surface area contributed by atoms with Crippen LogP contribution in [-0.2, 0) is 6.42 Å². The van der Waals surface area contributed by atoms with Crippen molar-refractivity contribution in [1.82, 2.24) is 19.5 Å². The number of nitrogens with zero attached hydrogens (tertiary/aromatic N) is 4. The molecule has 4 aromatic heterocycles. The van der Waals surface area contributed by atoms with E-state index >= 15 is 0 Å². The highest BCUT2D eigenvalue weighted by Gasteiger charge is 2.19. The number of alkyl halides is 2. The number of rotatable bonds is 3. The van der Waals surface area contributed by atoms with Crippen LogP contribution in [0.15, 0.2) is 42.9 Å². The van der Waals surface area contributed by atoms with Crippen LogP contribution < -0.4 is 0 Å². The van der Waals surface area contributed by atoms with Crippen LogP contribution >= 0.6 is 0 Å². The van der Waals surface area contributed by atoms with Crippen molar-refractivity contribution in [2.24, 2.45) is 0 Å². The predicted molar refractivity (Wildman–Crippen MR) is 88.9 cm³/mol. The fourth-order valence-electron chi connectivity index (χ4n) is 2.99. The normalized spacial score (nSPS) is 11.7. The van der Waals surface area contributed by atoms with Gasteiger partial charge in [-0.05, 0) is 30.7 Å². The molecule has 0 atom stereocenters. The van der Waals surface area contributed by atoms with Crippen molar-refractivity contribution < 1.29 is 13.2 Å². The molecule has 0 aliphatic heterocycles. The standard InChI is InChI=1S/C18H13F3N4/c1-2-14-13(19)7-10(8-23-14)15-4-3-11-12-9-22-6-5-16(12)25(18(20)21)17(11)24-15/h3-9,18H,2H2,1H3. The van der Waals surface area contributed by atoms with E-state index in [2.05, 4.69) is 15.0 Å². The Morgan fingerprint density at radius 3 is 2.68 bits per heavy atom. The zero-order chi connectivity index (χ0) is 17.6. The highest BCUT2D eigenvalue weighted by Crippen LogP contribution is 2.33. The Labute approximate surface area is 141 Å². The summed E-state index contributed by atoms with van der Waals surface area (Å²) in [5.74, 6) is -0.430. The lowest BCUT2D eigenvalue weighted by atomic mass is 10.1. The van der Waals surface area contributed by atoms with E-state index in [-0.39, 0.29) is 5.65 Å². The van der Waals surface area contributed by atoms with Gasteiger partial charge in [0.2, 0.25) is 0 Å². The second-order valence-electron chi connectivity index (χ2n) is 5.61. The highest BCUT2D eigenvalue weighted by atomic mass is 19.3. The summed E-state index contributed by atoms with van der Waals surface area (Å²) in [4.78, 5) is 12.4. The minimum atomic E-state index is -2.75. The first-order valence-corrected chi connectivity index (χ1v) is 7.77. The molecule has 4 rings (SSSR count). The fourth-order valence-corrected chi connectivity index (χ4v) is 2.99. The largest absolute Gasteiger partial charge is 0.320 e. The average Bonchev–Trinajstić information content (AvgIpc) is 2.95. The number of hydrogen-bond acceptors (Lipinski definition) is 3. The van der Waals surface area contributed by atoms with Gasteiger partial charge in [0.15, 0.2) is 0 Å². The number of fused-ring (bicyclic) bond motifs is 3. The summed E-state index contributed by atoms with van der Waals surface area (Å²) in [6, 6.07) is 6.23. The third-order valence-corrected chi connectivity index (χ3v) is 4.19. The van der Waals surface area contributed by atoms with Gasteiger partial charge in [0.1, 0.15) is 11.5 Å². The lowest BCUT2D eigenvalue weighted by molar-refractivity contribution is 0.0791. The maximum Gasteiger partial charge on any atom is 0.320 e. The molecule has 0 aliphatic rings. The molecule has 0 radical (unpaired) electrons. The Kier molecular flexibility index (Phi) is 3.63. The molecule has 0 aromatic carbocycles. The van der Waals surface area contributed by atoms with Crippen LogP contribution in [0.4, 0.5) is 13.2 Å². The van der Waals surface area contributed by atoms with Crippen LogP contribution in [0.25, 0.3) is 33.2 Å². The van der Waals surface area contributed by atoms with Crippen molar-refractivity contribution in [3.8, 4) is 11.3 Å². The van der Waals surface area contributed by atoms with E-state index in [9.17, 15) is 13.2 Å². The van der Waals surface area contributed by atoms with E-state index in [1.807, 2.05) is 6.92 Å². The minimum absolute atomic E-state index is 0.135. The molecule has 0 fully saturated rings. The summed E-state index contributed by atoms with van der Waals surface area (Å²) in [7, 11) is 0. The number of hydrogen-bond donors (Lipinski definition) is 0. The quantitative estimate of drug-likeness (QED) is 0.540. The van der Waals surface area contributed by atoms with E-state index in [4.69, 9.17) is 0 Å². The van der Waals surface area contributed by atoms with E-state index in [1.165, 1.54) is 30.7 Å². The van der Waals surface area contributed by atoms with Gasteiger partial charge in [-0.15, -0.1) is 0 Å². The summed E-state index contributed by atoms with van der Waals surface area (Å²) >= 11 is 0. The number of aromatic nitrogens is 4. The Balaban J connectivity index is 1.97. The Hall–Kier alpha value is -2.96. The molecule has 4 heterocycles. The average molecular weight is 342 g/mol. The molecule has 0 saturated heterocycles. The van der Waals surface area contributed by atoms with Gasteiger partial charge in [0.25, 0.3) is 0 Å². The Morgan fingerprint density at radius 1 is 1.12 bits per heavy atom. The van der Waals surface area contributed by atoms with Crippen molar-refractivity contribution in [2.45, 2.75) is 19.9 Å². The molecular formula is C18H13F3N4. The Morgan fingerprint density at radius 2 is 1.96 bits per heavy atom. The number of aryl methyl sites for hydroxylation is 1. The van der Waals surface area contributed by atoms with Gasteiger partial charge in [-0.2, -0.15) is 8.78 Å². The molecule has 0 spiro atoms. The molecule has 4 aromatic rings. The monoisotopic (exact) mass is 342 g/mol. The van der Waals surface area contributed by atoms with Crippen LogP contribution in [0.1, 0.15) is 19.2 Å². The third kappa shape index (κ3) is 2.43. The molecule has 7 heteroatoms. The van der Waals surface area contributed by atoms with Gasteiger partial charge in [-0.1, -0.05) is 6.92 Å². The second-order valence-corrected chi connectivity index (χ2v) is 5.61. The third-order valence-electron chi connectivity index (χ3n) is 4.19. The summed E-state index contributed by atoms with van der Waals surface area (Å²) in [5.41, 5.74) is 1.68.